The Bertz CT molecular complexity index is 588. The largest absolute Gasteiger partial charge is 0.358 e. The van der Waals surface area contributed by atoms with Gasteiger partial charge in [0, 0.05) is 6.54 Å². The first-order valence-corrected chi connectivity index (χ1v) is 7.20. The highest BCUT2D eigenvalue weighted by Crippen LogP contribution is 2.27. The summed E-state index contributed by atoms with van der Waals surface area (Å²) in [5.74, 6) is 0. The molecule has 0 atom stereocenters. The highest BCUT2D eigenvalue weighted by molar-refractivity contribution is 7.80. The number of nitrogens with one attached hydrogen (secondary N) is 2. The first-order chi connectivity index (χ1) is 9.56. The molecule has 0 saturated carbocycles. The highest BCUT2D eigenvalue weighted by Gasteiger charge is 2.07. The van der Waals surface area contributed by atoms with Gasteiger partial charge in [0.1, 0.15) is 0 Å². The third kappa shape index (κ3) is 3.95. The minimum atomic E-state index is 0.572. The molecule has 0 heterocycles. The maximum atomic E-state index is 6.25. The maximum absolute atomic E-state index is 6.25. The SMILES string of the molecule is Cc1cc(C)c(NC(=S)NCc2ccccc2)c(Cl)c1. The molecule has 2 rings (SSSR count). The van der Waals surface area contributed by atoms with Crippen molar-refractivity contribution in [1.82, 2.24) is 5.32 Å². The van der Waals surface area contributed by atoms with Gasteiger partial charge in [-0.1, -0.05) is 48.0 Å². The van der Waals surface area contributed by atoms with Crippen LogP contribution in [0.1, 0.15) is 16.7 Å². The zero-order chi connectivity index (χ0) is 14.5. The summed E-state index contributed by atoms with van der Waals surface area (Å²) in [4.78, 5) is 0. The Labute approximate surface area is 130 Å². The van der Waals surface area contributed by atoms with Crippen LogP contribution in [-0.2, 0) is 6.54 Å². The summed E-state index contributed by atoms with van der Waals surface area (Å²) in [7, 11) is 0. The second kappa shape index (κ2) is 6.73. The molecule has 20 heavy (non-hydrogen) atoms. The van der Waals surface area contributed by atoms with Crippen LogP contribution in [0.5, 0.6) is 0 Å². The fraction of sp³-hybridized carbons (Fsp3) is 0.188. The van der Waals surface area contributed by atoms with Crippen molar-refractivity contribution in [1.29, 1.82) is 0 Å². The molecule has 4 heteroatoms. The van der Waals surface area contributed by atoms with E-state index >= 15 is 0 Å². The standard InChI is InChI=1S/C16H17ClN2S/c1-11-8-12(2)15(14(17)9-11)19-16(20)18-10-13-6-4-3-5-7-13/h3-9H,10H2,1-2H3,(H2,18,19,20). The predicted molar refractivity (Wildman–Crippen MR) is 90.4 cm³/mol. The van der Waals surface area contributed by atoms with Gasteiger partial charge < -0.3 is 10.6 Å². The summed E-state index contributed by atoms with van der Waals surface area (Å²) < 4.78 is 0. The van der Waals surface area contributed by atoms with Gasteiger partial charge in [-0.05, 0) is 48.8 Å². The molecule has 0 unspecified atom stereocenters. The second-order valence-electron chi connectivity index (χ2n) is 4.73. The lowest BCUT2D eigenvalue weighted by atomic mass is 10.1. The maximum Gasteiger partial charge on any atom is 0.171 e. The van der Waals surface area contributed by atoms with Gasteiger partial charge >= 0.3 is 0 Å². The van der Waals surface area contributed by atoms with E-state index in [1.807, 2.05) is 38.1 Å². The van der Waals surface area contributed by atoms with Crippen molar-refractivity contribution in [2.75, 3.05) is 5.32 Å². The van der Waals surface area contributed by atoms with Crippen LogP contribution in [0, 0.1) is 13.8 Å². The minimum absolute atomic E-state index is 0.572. The smallest absolute Gasteiger partial charge is 0.171 e. The zero-order valence-electron chi connectivity index (χ0n) is 11.5. The molecule has 2 aromatic carbocycles. The number of rotatable bonds is 3. The number of benzene rings is 2. The zero-order valence-corrected chi connectivity index (χ0v) is 13.1. The van der Waals surface area contributed by atoms with Crippen LogP contribution in [0.4, 0.5) is 5.69 Å². The molecule has 0 bridgehead atoms. The van der Waals surface area contributed by atoms with E-state index in [4.69, 9.17) is 23.8 Å². The van der Waals surface area contributed by atoms with Crippen molar-refractivity contribution < 1.29 is 0 Å². The van der Waals surface area contributed by atoms with Crippen LogP contribution >= 0.6 is 23.8 Å². The van der Waals surface area contributed by atoms with Crippen LogP contribution in [0.2, 0.25) is 5.02 Å². The fourth-order valence-corrected chi connectivity index (χ4v) is 2.55. The third-order valence-electron chi connectivity index (χ3n) is 2.97. The molecule has 2 aromatic rings. The molecular formula is C16H17ClN2S. The quantitative estimate of drug-likeness (QED) is 0.820. The summed E-state index contributed by atoms with van der Waals surface area (Å²) in [5, 5.41) is 7.60. The summed E-state index contributed by atoms with van der Waals surface area (Å²) in [6.07, 6.45) is 0. The van der Waals surface area contributed by atoms with Gasteiger partial charge in [0.25, 0.3) is 0 Å². The monoisotopic (exact) mass is 304 g/mol. The molecule has 0 radical (unpaired) electrons. The first kappa shape index (κ1) is 14.8. The van der Waals surface area contributed by atoms with E-state index in [0.717, 1.165) is 16.8 Å². The van der Waals surface area contributed by atoms with Crippen molar-refractivity contribution in [3.63, 3.8) is 0 Å². The van der Waals surface area contributed by atoms with Crippen LogP contribution in [0.3, 0.4) is 0 Å². The number of hydrogen-bond donors (Lipinski definition) is 2. The highest BCUT2D eigenvalue weighted by atomic mass is 35.5. The molecule has 0 aliphatic carbocycles. The van der Waals surface area contributed by atoms with Crippen LogP contribution in [-0.4, -0.2) is 5.11 Å². The van der Waals surface area contributed by atoms with Gasteiger partial charge in [0.2, 0.25) is 0 Å². The Kier molecular flexibility index (Phi) is 4.99. The van der Waals surface area contributed by atoms with Gasteiger partial charge in [-0.15, -0.1) is 0 Å². The molecule has 0 saturated heterocycles. The van der Waals surface area contributed by atoms with Gasteiger partial charge in [-0.25, -0.2) is 0 Å². The number of anilines is 1. The average molecular weight is 305 g/mol. The summed E-state index contributed by atoms with van der Waals surface area (Å²) in [6.45, 7) is 4.73. The van der Waals surface area contributed by atoms with E-state index < -0.39 is 0 Å². The number of halogens is 1. The third-order valence-corrected chi connectivity index (χ3v) is 3.51. The molecule has 0 aliphatic rings. The number of hydrogen-bond acceptors (Lipinski definition) is 1. The molecule has 2 N–H and O–H groups in total. The lowest BCUT2D eigenvalue weighted by Crippen LogP contribution is -2.28. The normalized spacial score (nSPS) is 10.2. The molecule has 0 amide bonds. The molecule has 0 fully saturated rings. The van der Waals surface area contributed by atoms with Gasteiger partial charge in [-0.2, -0.15) is 0 Å². The Morgan fingerprint density at radius 2 is 1.85 bits per heavy atom. The van der Waals surface area contributed by atoms with Crippen molar-refractivity contribution in [2.24, 2.45) is 0 Å². The van der Waals surface area contributed by atoms with E-state index in [-0.39, 0.29) is 0 Å². The summed E-state index contributed by atoms with van der Waals surface area (Å²) >= 11 is 11.6. The van der Waals surface area contributed by atoms with Crippen molar-refractivity contribution in [3.05, 3.63) is 64.2 Å². The second-order valence-corrected chi connectivity index (χ2v) is 5.55. The summed E-state index contributed by atoms with van der Waals surface area (Å²) in [6, 6.07) is 14.1. The van der Waals surface area contributed by atoms with E-state index in [9.17, 15) is 0 Å². The molecule has 0 spiro atoms. The van der Waals surface area contributed by atoms with Crippen LogP contribution in [0.15, 0.2) is 42.5 Å². The van der Waals surface area contributed by atoms with Gasteiger partial charge in [0.15, 0.2) is 5.11 Å². The molecule has 104 valence electrons. The van der Waals surface area contributed by atoms with Crippen molar-refractivity contribution >= 4 is 34.6 Å². The van der Waals surface area contributed by atoms with E-state index in [1.54, 1.807) is 0 Å². The number of thiocarbonyl (C=S) groups is 1. The topological polar surface area (TPSA) is 24.1 Å². The predicted octanol–water partition coefficient (Wildman–Crippen LogP) is 4.44. The van der Waals surface area contributed by atoms with E-state index in [1.165, 1.54) is 5.56 Å². The van der Waals surface area contributed by atoms with E-state index in [0.29, 0.717) is 16.7 Å². The fourth-order valence-electron chi connectivity index (χ4n) is 2.01. The Morgan fingerprint density at radius 1 is 1.15 bits per heavy atom. The Balaban J connectivity index is 1.98. The van der Waals surface area contributed by atoms with E-state index in [2.05, 4.69) is 28.8 Å². The van der Waals surface area contributed by atoms with Gasteiger partial charge in [0.05, 0.1) is 10.7 Å². The lowest BCUT2D eigenvalue weighted by molar-refractivity contribution is 0.925. The number of aryl methyl sites for hydroxylation is 2. The lowest BCUT2D eigenvalue weighted by Gasteiger charge is -2.14. The Hall–Kier alpha value is -1.58. The average Bonchev–Trinajstić information content (AvgIpc) is 2.42. The summed E-state index contributed by atoms with van der Waals surface area (Å²) in [5.41, 5.74) is 4.27. The van der Waals surface area contributed by atoms with Crippen molar-refractivity contribution in [2.45, 2.75) is 20.4 Å². The molecule has 0 aromatic heterocycles. The van der Waals surface area contributed by atoms with Crippen LogP contribution < -0.4 is 10.6 Å². The minimum Gasteiger partial charge on any atom is -0.358 e. The first-order valence-electron chi connectivity index (χ1n) is 6.42. The van der Waals surface area contributed by atoms with Gasteiger partial charge in [-0.3, -0.25) is 0 Å². The molecule has 2 nitrogen and oxygen atoms in total. The van der Waals surface area contributed by atoms with Crippen LogP contribution in [0.25, 0.3) is 0 Å². The van der Waals surface area contributed by atoms with Crippen molar-refractivity contribution in [3.8, 4) is 0 Å². The Morgan fingerprint density at radius 3 is 2.50 bits per heavy atom. The molecule has 0 aliphatic heterocycles. The molecular weight excluding hydrogens is 288 g/mol.